The topological polar surface area (TPSA) is 61.9 Å². The second-order valence-corrected chi connectivity index (χ2v) is 11.6. The van der Waals surface area contributed by atoms with E-state index in [-0.39, 0.29) is 5.91 Å². The molecule has 1 unspecified atom stereocenters. The Morgan fingerprint density at radius 3 is 2.58 bits per heavy atom. The first kappa shape index (κ1) is 28.7. The van der Waals surface area contributed by atoms with E-state index < -0.39 is 12.0 Å². The van der Waals surface area contributed by atoms with Crippen molar-refractivity contribution < 1.29 is 14.3 Å². The number of nitrogens with one attached hydrogen (secondary N) is 1. The Balaban J connectivity index is 1.57. The van der Waals surface area contributed by atoms with Crippen molar-refractivity contribution in [1.29, 1.82) is 0 Å². The molecule has 7 heteroatoms. The van der Waals surface area contributed by atoms with Crippen LogP contribution in [0.3, 0.4) is 0 Å². The SMILES string of the molecule is COC(=O)[C@H](CCSC)NC(=O)c1ccc(CN2CCCC2CN2CCCCC2)cc1-c1ccccc1C. The number of aryl methyl sites for hydroxylation is 1. The van der Waals surface area contributed by atoms with E-state index in [2.05, 4.69) is 46.3 Å². The van der Waals surface area contributed by atoms with Gasteiger partial charge in [-0.2, -0.15) is 11.8 Å². The number of esters is 1. The molecule has 2 aliphatic rings. The number of thioether (sulfide) groups is 1. The second kappa shape index (κ2) is 14.2. The molecule has 38 heavy (non-hydrogen) atoms. The first-order chi connectivity index (χ1) is 18.5. The van der Waals surface area contributed by atoms with Gasteiger partial charge in [0.15, 0.2) is 0 Å². The van der Waals surface area contributed by atoms with Crippen molar-refractivity contribution in [2.75, 3.05) is 45.3 Å². The lowest BCUT2D eigenvalue weighted by molar-refractivity contribution is -0.142. The van der Waals surface area contributed by atoms with Gasteiger partial charge in [0.1, 0.15) is 6.04 Å². The van der Waals surface area contributed by atoms with Crippen LogP contribution in [0.5, 0.6) is 0 Å². The smallest absolute Gasteiger partial charge is 0.328 e. The van der Waals surface area contributed by atoms with Gasteiger partial charge in [0.2, 0.25) is 0 Å². The first-order valence-corrected chi connectivity index (χ1v) is 15.4. The van der Waals surface area contributed by atoms with Crippen molar-refractivity contribution in [3.05, 3.63) is 59.2 Å². The number of piperidine rings is 1. The van der Waals surface area contributed by atoms with Gasteiger partial charge in [-0.1, -0.05) is 36.8 Å². The van der Waals surface area contributed by atoms with Crippen molar-refractivity contribution in [2.45, 2.75) is 64.1 Å². The predicted molar refractivity (Wildman–Crippen MR) is 157 cm³/mol. The summed E-state index contributed by atoms with van der Waals surface area (Å²) in [4.78, 5) is 31.2. The van der Waals surface area contributed by atoms with E-state index in [0.717, 1.165) is 42.1 Å². The van der Waals surface area contributed by atoms with Gasteiger partial charge < -0.3 is 15.0 Å². The van der Waals surface area contributed by atoms with Gasteiger partial charge in [0, 0.05) is 24.7 Å². The summed E-state index contributed by atoms with van der Waals surface area (Å²) >= 11 is 1.64. The number of carbonyl (C=O) groups excluding carboxylic acids is 2. The molecule has 2 atom stereocenters. The number of methoxy groups -OCH3 is 1. The number of amides is 1. The summed E-state index contributed by atoms with van der Waals surface area (Å²) < 4.78 is 4.97. The third kappa shape index (κ3) is 7.39. The number of hydrogen-bond acceptors (Lipinski definition) is 6. The van der Waals surface area contributed by atoms with Gasteiger partial charge in [-0.3, -0.25) is 9.69 Å². The molecule has 0 radical (unpaired) electrons. The highest BCUT2D eigenvalue weighted by Crippen LogP contribution is 2.30. The van der Waals surface area contributed by atoms with E-state index in [1.807, 2.05) is 24.5 Å². The lowest BCUT2D eigenvalue weighted by atomic mass is 9.93. The molecule has 2 aromatic rings. The van der Waals surface area contributed by atoms with E-state index >= 15 is 0 Å². The van der Waals surface area contributed by atoms with Crippen LogP contribution in [-0.4, -0.2) is 79.1 Å². The zero-order valence-corrected chi connectivity index (χ0v) is 24.0. The third-order valence-corrected chi connectivity index (χ3v) is 8.61. The highest BCUT2D eigenvalue weighted by Gasteiger charge is 2.28. The molecule has 2 aliphatic heterocycles. The van der Waals surface area contributed by atoms with Crippen molar-refractivity contribution in [3.63, 3.8) is 0 Å². The molecule has 206 valence electrons. The van der Waals surface area contributed by atoms with Crippen LogP contribution in [0.1, 0.15) is 60.0 Å². The maximum absolute atomic E-state index is 13.5. The molecule has 2 aromatic carbocycles. The Bertz CT molecular complexity index is 1090. The molecule has 0 bridgehead atoms. The van der Waals surface area contributed by atoms with Gasteiger partial charge in [0.05, 0.1) is 7.11 Å². The van der Waals surface area contributed by atoms with Crippen LogP contribution in [0.25, 0.3) is 11.1 Å². The Morgan fingerprint density at radius 1 is 1.05 bits per heavy atom. The summed E-state index contributed by atoms with van der Waals surface area (Å²) in [6.07, 6.45) is 9.04. The maximum Gasteiger partial charge on any atom is 0.328 e. The van der Waals surface area contributed by atoms with Gasteiger partial charge in [-0.25, -0.2) is 4.79 Å². The molecule has 4 rings (SSSR count). The van der Waals surface area contributed by atoms with Gasteiger partial charge in [-0.15, -0.1) is 0 Å². The fourth-order valence-corrected chi connectivity index (χ4v) is 6.30. The van der Waals surface area contributed by atoms with E-state index in [1.165, 1.54) is 57.9 Å². The number of benzene rings is 2. The van der Waals surface area contributed by atoms with Crippen LogP contribution in [0, 0.1) is 6.92 Å². The van der Waals surface area contributed by atoms with E-state index in [0.29, 0.717) is 18.0 Å². The lowest BCUT2D eigenvalue weighted by Crippen LogP contribution is -2.42. The highest BCUT2D eigenvalue weighted by atomic mass is 32.2. The molecule has 2 saturated heterocycles. The second-order valence-electron chi connectivity index (χ2n) is 10.7. The molecule has 2 fully saturated rings. The largest absolute Gasteiger partial charge is 0.467 e. The fourth-order valence-electron chi connectivity index (χ4n) is 5.83. The van der Waals surface area contributed by atoms with Crippen molar-refractivity contribution in [3.8, 4) is 11.1 Å². The van der Waals surface area contributed by atoms with Crippen LogP contribution in [-0.2, 0) is 16.1 Å². The normalized spacial score (nSPS) is 19.3. The minimum Gasteiger partial charge on any atom is -0.467 e. The molecule has 1 amide bonds. The molecular weight excluding hydrogens is 494 g/mol. The number of nitrogens with zero attached hydrogens (tertiary/aromatic N) is 2. The Morgan fingerprint density at radius 2 is 1.84 bits per heavy atom. The van der Waals surface area contributed by atoms with Gasteiger partial charge >= 0.3 is 5.97 Å². The quantitative estimate of drug-likeness (QED) is 0.401. The fraction of sp³-hybridized carbons (Fsp3) is 0.548. The zero-order chi connectivity index (χ0) is 26.9. The average molecular weight is 538 g/mol. The summed E-state index contributed by atoms with van der Waals surface area (Å²) in [7, 11) is 1.37. The molecule has 0 spiro atoms. The van der Waals surface area contributed by atoms with Gasteiger partial charge in [-0.05, 0) is 105 Å². The molecule has 0 aromatic heterocycles. The van der Waals surface area contributed by atoms with Crippen LogP contribution < -0.4 is 5.32 Å². The van der Waals surface area contributed by atoms with Crippen molar-refractivity contribution >= 4 is 23.6 Å². The van der Waals surface area contributed by atoms with E-state index in [1.54, 1.807) is 11.8 Å². The zero-order valence-electron chi connectivity index (χ0n) is 23.2. The number of carbonyl (C=O) groups is 2. The highest BCUT2D eigenvalue weighted by molar-refractivity contribution is 7.98. The Kier molecular flexibility index (Phi) is 10.7. The molecule has 6 nitrogen and oxygen atoms in total. The Hall–Kier alpha value is -2.35. The molecule has 0 aliphatic carbocycles. The summed E-state index contributed by atoms with van der Waals surface area (Å²) in [6.45, 7) is 7.71. The van der Waals surface area contributed by atoms with Crippen LogP contribution in [0.15, 0.2) is 42.5 Å². The van der Waals surface area contributed by atoms with Crippen LogP contribution in [0.4, 0.5) is 0 Å². The van der Waals surface area contributed by atoms with Crippen molar-refractivity contribution in [1.82, 2.24) is 15.1 Å². The third-order valence-electron chi connectivity index (χ3n) is 7.97. The summed E-state index contributed by atoms with van der Waals surface area (Å²) in [6, 6.07) is 14.3. The summed E-state index contributed by atoms with van der Waals surface area (Å²) in [5.74, 6) is 0.114. The van der Waals surface area contributed by atoms with Gasteiger partial charge in [0.25, 0.3) is 5.91 Å². The Labute approximate surface area is 232 Å². The maximum atomic E-state index is 13.5. The minimum atomic E-state index is -0.663. The van der Waals surface area contributed by atoms with E-state index in [9.17, 15) is 9.59 Å². The average Bonchev–Trinajstić information content (AvgIpc) is 3.37. The van der Waals surface area contributed by atoms with Crippen molar-refractivity contribution in [2.24, 2.45) is 0 Å². The van der Waals surface area contributed by atoms with Crippen LogP contribution >= 0.6 is 11.8 Å². The molecule has 0 saturated carbocycles. The standard InChI is InChI=1S/C31H43N3O3S/c1-23-10-5-6-12-26(23)28-20-24(21-34-18-9-11-25(34)22-33-16-7-4-8-17-33)13-14-27(28)30(35)32-29(15-19-38-3)31(36)37-2/h5-6,10,12-14,20,25,29H,4,7-9,11,15-19,21-22H2,1-3H3,(H,32,35)/t25?,29-/m0/s1. The number of likely N-dealkylation sites (tertiary alicyclic amines) is 2. The summed E-state index contributed by atoms with van der Waals surface area (Å²) in [5, 5.41) is 2.95. The molecule has 1 N–H and O–H groups in total. The number of rotatable bonds is 11. The monoisotopic (exact) mass is 537 g/mol. The first-order valence-electron chi connectivity index (χ1n) is 14.0. The molecule has 2 heterocycles. The minimum absolute atomic E-state index is 0.240. The number of ether oxygens (including phenoxy) is 1. The van der Waals surface area contributed by atoms with E-state index in [4.69, 9.17) is 4.74 Å². The lowest BCUT2D eigenvalue weighted by Gasteiger charge is -2.33. The summed E-state index contributed by atoms with van der Waals surface area (Å²) in [5.41, 5.74) is 4.89. The van der Waals surface area contributed by atoms with Crippen LogP contribution in [0.2, 0.25) is 0 Å². The predicted octanol–water partition coefficient (Wildman–Crippen LogP) is 5.14. The molecular formula is C31H43N3O3S. The number of hydrogen-bond donors (Lipinski definition) is 1.